The number of aromatic nitrogens is 4. The van der Waals surface area contributed by atoms with E-state index in [0.717, 1.165) is 0 Å². The topological polar surface area (TPSA) is 94.8 Å². The van der Waals surface area contributed by atoms with Gasteiger partial charge in [0.2, 0.25) is 17.7 Å². The lowest BCUT2D eigenvalue weighted by Crippen LogP contribution is -2.53. The van der Waals surface area contributed by atoms with Gasteiger partial charge in [0.1, 0.15) is 12.4 Å². The normalized spacial score (nSPS) is 16.7. The molecule has 0 spiro atoms. The second-order valence-corrected chi connectivity index (χ2v) is 8.47. The standard InChI is InChI=1S/C23H26F2N6O4/c1-33-14-20(32)30-11-15(12-30)13-35-19-10-18(27-23(28-19)29-6-8-34-9-7-29)31-17-5-3-2-4-16(17)26-22(31)21(24)25/h2-5,10,15,21H,6-9,11-14H2,1H3. The summed E-state index contributed by atoms with van der Waals surface area (Å²) in [5.41, 5.74) is 0.971. The van der Waals surface area contributed by atoms with Crippen molar-refractivity contribution in [2.45, 2.75) is 6.43 Å². The second kappa shape index (κ2) is 10.1. The number of likely N-dealkylation sites (tertiary alicyclic amines) is 1. The summed E-state index contributed by atoms with van der Waals surface area (Å²) in [4.78, 5) is 28.8. The van der Waals surface area contributed by atoms with E-state index in [0.29, 0.717) is 63.0 Å². The quantitative estimate of drug-likeness (QED) is 0.476. The average molecular weight is 488 g/mol. The van der Waals surface area contributed by atoms with Gasteiger partial charge >= 0.3 is 0 Å². The molecule has 1 aromatic carbocycles. The van der Waals surface area contributed by atoms with E-state index in [9.17, 15) is 13.6 Å². The summed E-state index contributed by atoms with van der Waals surface area (Å²) in [7, 11) is 1.49. The third-order valence-corrected chi connectivity index (χ3v) is 6.03. The summed E-state index contributed by atoms with van der Waals surface area (Å²) >= 11 is 0. The highest BCUT2D eigenvalue weighted by Gasteiger charge is 2.31. The van der Waals surface area contributed by atoms with Crippen LogP contribution in [0.15, 0.2) is 30.3 Å². The monoisotopic (exact) mass is 488 g/mol. The van der Waals surface area contributed by atoms with Gasteiger partial charge < -0.3 is 24.0 Å². The lowest BCUT2D eigenvalue weighted by atomic mass is 10.0. The maximum absolute atomic E-state index is 13.9. The Kier molecular flexibility index (Phi) is 6.73. The molecule has 0 radical (unpaired) electrons. The largest absolute Gasteiger partial charge is 0.477 e. The molecule has 2 aliphatic heterocycles. The molecule has 2 saturated heterocycles. The molecule has 186 valence electrons. The minimum Gasteiger partial charge on any atom is -0.477 e. The fraction of sp³-hybridized carbons (Fsp3) is 0.478. The molecule has 2 fully saturated rings. The first-order valence-corrected chi connectivity index (χ1v) is 11.4. The molecule has 3 aromatic rings. The zero-order valence-electron chi connectivity index (χ0n) is 19.3. The van der Waals surface area contributed by atoms with E-state index in [-0.39, 0.29) is 30.1 Å². The number of morpholine rings is 1. The number of hydrogen-bond acceptors (Lipinski definition) is 8. The number of para-hydroxylation sites is 2. The number of amides is 1. The van der Waals surface area contributed by atoms with Crippen LogP contribution < -0.4 is 9.64 Å². The Hall–Kier alpha value is -3.38. The molecule has 5 rings (SSSR count). The number of methoxy groups -OCH3 is 1. The lowest BCUT2D eigenvalue weighted by molar-refractivity contribution is -0.142. The van der Waals surface area contributed by atoms with Gasteiger partial charge in [-0.05, 0) is 12.1 Å². The van der Waals surface area contributed by atoms with Gasteiger partial charge in [0.15, 0.2) is 5.82 Å². The number of alkyl halides is 2. The Labute approximate surface area is 200 Å². The summed E-state index contributed by atoms with van der Waals surface area (Å²) in [5, 5.41) is 0. The van der Waals surface area contributed by atoms with E-state index >= 15 is 0 Å². The zero-order valence-corrected chi connectivity index (χ0v) is 19.3. The van der Waals surface area contributed by atoms with E-state index in [2.05, 4.69) is 15.0 Å². The second-order valence-electron chi connectivity index (χ2n) is 8.47. The number of nitrogens with zero attached hydrogens (tertiary/aromatic N) is 6. The minimum absolute atomic E-state index is 0.0527. The van der Waals surface area contributed by atoms with Crippen LogP contribution >= 0.6 is 0 Å². The van der Waals surface area contributed by atoms with Gasteiger partial charge in [-0.1, -0.05) is 12.1 Å². The van der Waals surface area contributed by atoms with Gasteiger partial charge in [-0.25, -0.2) is 13.8 Å². The van der Waals surface area contributed by atoms with Gasteiger partial charge in [0.05, 0.1) is 30.9 Å². The Bertz CT molecular complexity index is 1190. The zero-order chi connectivity index (χ0) is 24.4. The van der Waals surface area contributed by atoms with Crippen LogP contribution in [0, 0.1) is 5.92 Å². The highest BCUT2D eigenvalue weighted by atomic mass is 19.3. The summed E-state index contributed by atoms with van der Waals surface area (Å²) in [6, 6.07) is 8.49. The number of halogens is 2. The van der Waals surface area contributed by atoms with Crippen molar-refractivity contribution in [2.24, 2.45) is 5.92 Å². The summed E-state index contributed by atoms with van der Waals surface area (Å²) < 4.78 is 45.5. The van der Waals surface area contributed by atoms with E-state index in [1.54, 1.807) is 35.2 Å². The van der Waals surface area contributed by atoms with Gasteiger partial charge in [0.25, 0.3) is 6.43 Å². The number of fused-ring (bicyclic) bond motifs is 1. The molecule has 12 heteroatoms. The third-order valence-electron chi connectivity index (χ3n) is 6.03. The predicted octanol–water partition coefficient (Wildman–Crippen LogP) is 2.07. The summed E-state index contributed by atoms with van der Waals surface area (Å²) in [6.45, 7) is 3.72. The van der Waals surface area contributed by atoms with Gasteiger partial charge in [-0.15, -0.1) is 0 Å². The lowest BCUT2D eigenvalue weighted by Gasteiger charge is -2.38. The van der Waals surface area contributed by atoms with Crippen molar-refractivity contribution in [2.75, 3.05) is 64.6 Å². The first-order chi connectivity index (χ1) is 17.0. The number of hydrogen-bond donors (Lipinski definition) is 0. The highest BCUT2D eigenvalue weighted by Crippen LogP contribution is 2.30. The first-order valence-electron chi connectivity index (χ1n) is 11.4. The highest BCUT2D eigenvalue weighted by molar-refractivity contribution is 5.78. The first kappa shape index (κ1) is 23.4. The van der Waals surface area contributed by atoms with E-state index < -0.39 is 12.2 Å². The Balaban J connectivity index is 1.44. The maximum atomic E-state index is 13.9. The Morgan fingerprint density at radius 1 is 1.17 bits per heavy atom. The molecule has 0 atom stereocenters. The molecule has 35 heavy (non-hydrogen) atoms. The fourth-order valence-corrected chi connectivity index (χ4v) is 4.22. The molecule has 0 saturated carbocycles. The minimum atomic E-state index is -2.79. The number of benzene rings is 1. The van der Waals surface area contributed by atoms with Crippen molar-refractivity contribution >= 4 is 22.9 Å². The molecule has 0 N–H and O–H groups in total. The molecule has 10 nitrogen and oxygen atoms in total. The smallest absolute Gasteiger partial charge is 0.296 e. The molecular weight excluding hydrogens is 462 g/mol. The van der Waals surface area contributed by atoms with Crippen molar-refractivity contribution in [3.63, 3.8) is 0 Å². The Morgan fingerprint density at radius 3 is 2.69 bits per heavy atom. The fourth-order valence-electron chi connectivity index (χ4n) is 4.22. The van der Waals surface area contributed by atoms with Crippen LogP contribution in [0.25, 0.3) is 16.9 Å². The Morgan fingerprint density at radius 2 is 1.94 bits per heavy atom. The molecule has 2 aromatic heterocycles. The van der Waals surface area contributed by atoms with Crippen LogP contribution in [-0.2, 0) is 14.3 Å². The van der Waals surface area contributed by atoms with E-state index in [4.69, 9.17) is 14.2 Å². The van der Waals surface area contributed by atoms with Crippen LogP contribution in [0.1, 0.15) is 12.2 Å². The van der Waals surface area contributed by atoms with Gasteiger partial charge in [-0.2, -0.15) is 9.97 Å². The average Bonchev–Trinajstić information content (AvgIpc) is 3.24. The van der Waals surface area contributed by atoms with Crippen LogP contribution in [0.4, 0.5) is 14.7 Å². The van der Waals surface area contributed by atoms with Crippen LogP contribution in [0.3, 0.4) is 0 Å². The maximum Gasteiger partial charge on any atom is 0.296 e. The van der Waals surface area contributed by atoms with E-state index in [1.807, 2.05) is 4.90 Å². The number of rotatable bonds is 8. The van der Waals surface area contributed by atoms with Gasteiger partial charge in [-0.3, -0.25) is 9.36 Å². The molecule has 0 unspecified atom stereocenters. The number of carbonyl (C=O) groups is 1. The molecular formula is C23H26F2N6O4. The van der Waals surface area contributed by atoms with Crippen LogP contribution in [0.5, 0.6) is 5.88 Å². The van der Waals surface area contributed by atoms with Crippen molar-refractivity contribution in [1.29, 1.82) is 0 Å². The molecule has 4 heterocycles. The van der Waals surface area contributed by atoms with E-state index in [1.165, 1.54) is 11.7 Å². The van der Waals surface area contributed by atoms with Crippen molar-refractivity contribution < 1.29 is 27.8 Å². The van der Waals surface area contributed by atoms with Crippen LogP contribution in [0.2, 0.25) is 0 Å². The number of carbonyl (C=O) groups excluding carboxylic acids is 1. The molecule has 1 amide bonds. The van der Waals surface area contributed by atoms with Crippen molar-refractivity contribution in [3.05, 3.63) is 36.2 Å². The van der Waals surface area contributed by atoms with Crippen LogP contribution in [-0.4, -0.2) is 90.0 Å². The number of anilines is 1. The predicted molar refractivity (Wildman–Crippen MR) is 122 cm³/mol. The summed E-state index contributed by atoms with van der Waals surface area (Å²) in [6.07, 6.45) is -2.79. The summed E-state index contributed by atoms with van der Waals surface area (Å²) in [5.74, 6) is 0.600. The number of imidazole rings is 1. The number of ether oxygens (including phenoxy) is 3. The molecule has 0 aliphatic carbocycles. The third kappa shape index (κ3) is 4.89. The van der Waals surface area contributed by atoms with Gasteiger partial charge in [0, 0.05) is 45.3 Å². The van der Waals surface area contributed by atoms with Crippen molar-refractivity contribution in [1.82, 2.24) is 24.4 Å². The van der Waals surface area contributed by atoms with Crippen molar-refractivity contribution in [3.8, 4) is 11.7 Å². The molecule has 2 aliphatic rings. The SMILES string of the molecule is COCC(=O)N1CC(COc2cc(-n3c(C(F)F)nc4ccccc43)nc(N3CCOCC3)n2)C1. The molecule has 0 bridgehead atoms.